The maximum atomic E-state index is 12.8. The molecule has 1 heterocycles. The molecule has 0 aromatic heterocycles. The number of hydrogen-bond acceptors (Lipinski definition) is 3. The zero-order valence-corrected chi connectivity index (χ0v) is 16.4. The molecule has 1 aliphatic rings. The molecule has 2 aromatic rings. The molecule has 2 amide bonds. The van der Waals surface area contributed by atoms with Crippen LogP contribution in [0.25, 0.3) is 0 Å². The van der Waals surface area contributed by atoms with Gasteiger partial charge in [-0.25, -0.2) is 4.79 Å². The molecule has 27 heavy (non-hydrogen) atoms. The Balaban J connectivity index is 1.61. The molecule has 1 atom stereocenters. The topological polar surface area (TPSA) is 44.8 Å². The molecule has 2 aromatic carbocycles. The third kappa shape index (κ3) is 4.54. The molecule has 1 unspecified atom stereocenters. The molecule has 0 radical (unpaired) electrons. The number of piperazine rings is 1. The Bertz CT molecular complexity index is 740. The minimum Gasteiger partial charge on any atom is -0.495 e. The van der Waals surface area contributed by atoms with E-state index in [0.717, 1.165) is 30.1 Å². The number of carbonyl (C=O) groups is 1. The van der Waals surface area contributed by atoms with Crippen molar-refractivity contribution in [1.82, 2.24) is 10.2 Å². The average molecular weight is 367 g/mol. The summed E-state index contributed by atoms with van der Waals surface area (Å²) >= 11 is 0. The number of methoxy groups -OCH3 is 1. The highest BCUT2D eigenvalue weighted by Gasteiger charge is 2.25. The molecular formula is C22H29N3O2. The first-order valence-electron chi connectivity index (χ1n) is 9.58. The molecule has 5 heteroatoms. The molecule has 1 fully saturated rings. The van der Waals surface area contributed by atoms with Crippen LogP contribution in [-0.4, -0.2) is 44.2 Å². The third-order valence-corrected chi connectivity index (χ3v) is 5.10. The van der Waals surface area contributed by atoms with E-state index in [0.29, 0.717) is 19.0 Å². The van der Waals surface area contributed by atoms with E-state index in [4.69, 9.17) is 4.74 Å². The summed E-state index contributed by atoms with van der Waals surface area (Å²) in [5.41, 5.74) is 2.23. The fourth-order valence-corrected chi connectivity index (χ4v) is 3.56. The molecule has 0 spiro atoms. The van der Waals surface area contributed by atoms with E-state index in [9.17, 15) is 4.79 Å². The molecule has 1 N–H and O–H groups in total. The lowest BCUT2D eigenvalue weighted by molar-refractivity contribution is 0.186. The quantitative estimate of drug-likeness (QED) is 0.871. The van der Waals surface area contributed by atoms with E-state index < -0.39 is 0 Å². The molecule has 144 valence electrons. The molecule has 3 rings (SSSR count). The Hall–Kier alpha value is -2.69. The van der Waals surface area contributed by atoms with Gasteiger partial charge in [0.15, 0.2) is 0 Å². The van der Waals surface area contributed by atoms with Gasteiger partial charge >= 0.3 is 6.03 Å². The predicted octanol–water partition coefficient (Wildman–Crippen LogP) is 3.92. The number of para-hydroxylation sites is 2. The van der Waals surface area contributed by atoms with Gasteiger partial charge in [0.2, 0.25) is 0 Å². The number of nitrogens with one attached hydrogen (secondary N) is 1. The van der Waals surface area contributed by atoms with Crippen molar-refractivity contribution in [3.8, 4) is 5.75 Å². The Morgan fingerprint density at radius 3 is 2.22 bits per heavy atom. The summed E-state index contributed by atoms with van der Waals surface area (Å²) in [4.78, 5) is 17.0. The van der Waals surface area contributed by atoms with Crippen LogP contribution in [0.2, 0.25) is 0 Å². The van der Waals surface area contributed by atoms with E-state index in [-0.39, 0.29) is 12.1 Å². The van der Waals surface area contributed by atoms with Gasteiger partial charge in [-0.1, -0.05) is 56.3 Å². The van der Waals surface area contributed by atoms with Gasteiger partial charge < -0.3 is 19.9 Å². The Kier molecular flexibility index (Phi) is 6.22. The van der Waals surface area contributed by atoms with Crippen molar-refractivity contribution in [3.63, 3.8) is 0 Å². The normalized spacial score (nSPS) is 15.6. The second kappa shape index (κ2) is 8.80. The Morgan fingerprint density at radius 1 is 0.963 bits per heavy atom. The highest BCUT2D eigenvalue weighted by molar-refractivity contribution is 5.75. The zero-order chi connectivity index (χ0) is 19.2. The van der Waals surface area contributed by atoms with Crippen molar-refractivity contribution < 1.29 is 9.53 Å². The molecule has 1 saturated heterocycles. The van der Waals surface area contributed by atoms with E-state index in [1.807, 2.05) is 41.3 Å². The van der Waals surface area contributed by atoms with Gasteiger partial charge in [-0.05, 0) is 23.6 Å². The highest BCUT2D eigenvalue weighted by atomic mass is 16.5. The van der Waals surface area contributed by atoms with Crippen LogP contribution in [-0.2, 0) is 0 Å². The summed E-state index contributed by atoms with van der Waals surface area (Å²) in [6.07, 6.45) is 0. The zero-order valence-electron chi connectivity index (χ0n) is 16.4. The lowest BCUT2D eigenvalue weighted by Gasteiger charge is -2.37. The standard InChI is InChI=1S/C22H29N3O2/c1-17(2)21(18-9-5-4-6-10-18)23-22(26)25-15-13-24(14-16-25)19-11-7-8-12-20(19)27-3/h4-12,17,21H,13-16H2,1-3H3,(H,23,26). The first kappa shape index (κ1) is 19.1. The third-order valence-electron chi connectivity index (χ3n) is 5.10. The van der Waals surface area contributed by atoms with E-state index in [1.54, 1.807) is 7.11 Å². The number of ether oxygens (including phenoxy) is 1. The van der Waals surface area contributed by atoms with Gasteiger partial charge in [0.25, 0.3) is 0 Å². The maximum Gasteiger partial charge on any atom is 0.318 e. The molecule has 0 saturated carbocycles. The summed E-state index contributed by atoms with van der Waals surface area (Å²) < 4.78 is 5.47. The number of anilines is 1. The van der Waals surface area contributed by atoms with Crippen LogP contribution in [0.1, 0.15) is 25.5 Å². The summed E-state index contributed by atoms with van der Waals surface area (Å²) in [6.45, 7) is 7.26. The number of nitrogens with zero attached hydrogens (tertiary/aromatic N) is 2. The number of urea groups is 1. The lowest BCUT2D eigenvalue weighted by atomic mass is 9.96. The Labute approximate surface area is 161 Å². The summed E-state index contributed by atoms with van der Waals surface area (Å²) in [5, 5.41) is 3.22. The van der Waals surface area contributed by atoms with Crippen molar-refractivity contribution in [2.75, 3.05) is 38.2 Å². The summed E-state index contributed by atoms with van der Waals surface area (Å²) in [5.74, 6) is 1.20. The minimum atomic E-state index is 0.0113. The number of carbonyl (C=O) groups excluding carboxylic acids is 1. The van der Waals surface area contributed by atoms with Crippen LogP contribution in [0.4, 0.5) is 10.5 Å². The monoisotopic (exact) mass is 367 g/mol. The predicted molar refractivity (Wildman–Crippen MR) is 109 cm³/mol. The van der Waals surface area contributed by atoms with E-state index >= 15 is 0 Å². The van der Waals surface area contributed by atoms with E-state index in [2.05, 4.69) is 42.3 Å². The van der Waals surface area contributed by atoms with Crippen LogP contribution >= 0.6 is 0 Å². The lowest BCUT2D eigenvalue weighted by Crippen LogP contribution is -2.52. The van der Waals surface area contributed by atoms with Crippen LogP contribution in [0, 0.1) is 5.92 Å². The fourth-order valence-electron chi connectivity index (χ4n) is 3.56. The molecule has 1 aliphatic heterocycles. The van der Waals surface area contributed by atoms with Gasteiger partial charge in [0.1, 0.15) is 5.75 Å². The SMILES string of the molecule is COc1ccccc1N1CCN(C(=O)NC(c2ccccc2)C(C)C)CC1. The maximum absolute atomic E-state index is 12.8. The number of rotatable bonds is 5. The van der Waals surface area contributed by atoms with Crippen molar-refractivity contribution in [2.45, 2.75) is 19.9 Å². The number of benzene rings is 2. The molecule has 5 nitrogen and oxygen atoms in total. The van der Waals surface area contributed by atoms with Crippen LogP contribution in [0.5, 0.6) is 5.75 Å². The van der Waals surface area contributed by atoms with E-state index in [1.165, 1.54) is 0 Å². The second-order valence-corrected chi connectivity index (χ2v) is 7.23. The number of amides is 2. The Morgan fingerprint density at radius 2 is 1.59 bits per heavy atom. The van der Waals surface area contributed by atoms with Crippen molar-refractivity contribution in [2.24, 2.45) is 5.92 Å². The van der Waals surface area contributed by atoms with Crippen LogP contribution < -0.4 is 15.0 Å². The average Bonchev–Trinajstić information content (AvgIpc) is 2.72. The van der Waals surface area contributed by atoms with Crippen LogP contribution in [0.3, 0.4) is 0 Å². The van der Waals surface area contributed by atoms with Crippen molar-refractivity contribution >= 4 is 11.7 Å². The van der Waals surface area contributed by atoms with Gasteiger partial charge in [0, 0.05) is 26.2 Å². The molecule has 0 aliphatic carbocycles. The smallest absolute Gasteiger partial charge is 0.318 e. The van der Waals surface area contributed by atoms with Crippen molar-refractivity contribution in [1.29, 1.82) is 0 Å². The number of hydrogen-bond donors (Lipinski definition) is 1. The first-order chi connectivity index (χ1) is 13.1. The molecule has 0 bridgehead atoms. The minimum absolute atomic E-state index is 0.0113. The van der Waals surface area contributed by atoms with Gasteiger partial charge in [0.05, 0.1) is 18.8 Å². The second-order valence-electron chi connectivity index (χ2n) is 7.23. The van der Waals surface area contributed by atoms with Gasteiger partial charge in [-0.15, -0.1) is 0 Å². The van der Waals surface area contributed by atoms with Gasteiger partial charge in [-0.3, -0.25) is 0 Å². The summed E-state index contributed by atoms with van der Waals surface area (Å²) in [7, 11) is 1.69. The van der Waals surface area contributed by atoms with Gasteiger partial charge in [-0.2, -0.15) is 0 Å². The van der Waals surface area contributed by atoms with Crippen LogP contribution in [0.15, 0.2) is 54.6 Å². The first-order valence-corrected chi connectivity index (χ1v) is 9.58. The van der Waals surface area contributed by atoms with Crippen molar-refractivity contribution in [3.05, 3.63) is 60.2 Å². The summed E-state index contributed by atoms with van der Waals surface area (Å²) in [6, 6.07) is 18.2. The largest absolute Gasteiger partial charge is 0.495 e. The highest BCUT2D eigenvalue weighted by Crippen LogP contribution is 2.28. The fraction of sp³-hybridized carbons (Fsp3) is 0.409. The molecular weight excluding hydrogens is 338 g/mol.